The van der Waals surface area contributed by atoms with Gasteiger partial charge in [0.25, 0.3) is 0 Å². The third kappa shape index (κ3) is 1.42. The van der Waals surface area contributed by atoms with Gasteiger partial charge in [0.1, 0.15) is 0 Å². The molecule has 1 fully saturated rings. The zero-order chi connectivity index (χ0) is 7.68. The summed E-state index contributed by atoms with van der Waals surface area (Å²) in [5.74, 6) is 1.83. The topological polar surface area (TPSA) is 26.0 Å². The number of fused-ring (bicyclic) bond motifs is 1. The molecule has 2 aliphatic carbocycles. The average molecular weight is 151 g/mol. The summed E-state index contributed by atoms with van der Waals surface area (Å²) < 4.78 is 0. The van der Waals surface area contributed by atoms with Gasteiger partial charge in [0.05, 0.1) is 0 Å². The van der Waals surface area contributed by atoms with Crippen LogP contribution in [0.4, 0.5) is 0 Å². The van der Waals surface area contributed by atoms with Crippen LogP contribution in [-0.2, 0) is 0 Å². The Labute approximate surface area is 68.7 Å². The highest BCUT2D eigenvalue weighted by atomic mass is 14.6. The summed E-state index contributed by atoms with van der Waals surface area (Å²) in [5.41, 5.74) is 6.95. The van der Waals surface area contributed by atoms with Crippen molar-refractivity contribution < 1.29 is 0 Å². The first-order valence-electron chi connectivity index (χ1n) is 4.82. The zero-order valence-corrected chi connectivity index (χ0v) is 7.05. The third-order valence-corrected chi connectivity index (χ3v) is 3.20. The van der Waals surface area contributed by atoms with Crippen LogP contribution in [0.25, 0.3) is 0 Å². The van der Waals surface area contributed by atoms with E-state index in [2.05, 4.69) is 6.08 Å². The van der Waals surface area contributed by atoms with Crippen molar-refractivity contribution in [1.82, 2.24) is 0 Å². The minimum atomic E-state index is 0.845. The predicted octanol–water partition coefficient (Wildman–Crippen LogP) is 2.43. The summed E-state index contributed by atoms with van der Waals surface area (Å²) >= 11 is 0. The molecule has 1 nitrogen and oxygen atoms in total. The van der Waals surface area contributed by atoms with Gasteiger partial charge in [-0.15, -0.1) is 0 Å². The standard InChI is InChI=1S/C10H17N/c11-10-6-5-8-3-1-2-4-9(8)7-10/h7-9H,1-6,11H2/t8-,9?/m1/s1. The number of rotatable bonds is 0. The Morgan fingerprint density at radius 1 is 1.18 bits per heavy atom. The van der Waals surface area contributed by atoms with Gasteiger partial charge >= 0.3 is 0 Å². The number of hydrogen-bond donors (Lipinski definition) is 1. The van der Waals surface area contributed by atoms with Gasteiger partial charge in [0.2, 0.25) is 0 Å². The number of allylic oxidation sites excluding steroid dienone is 2. The lowest BCUT2D eigenvalue weighted by molar-refractivity contribution is 0.255. The van der Waals surface area contributed by atoms with Crippen molar-refractivity contribution in [3.05, 3.63) is 11.8 Å². The van der Waals surface area contributed by atoms with Gasteiger partial charge in [0.15, 0.2) is 0 Å². The zero-order valence-electron chi connectivity index (χ0n) is 7.05. The Kier molecular flexibility index (Phi) is 1.89. The smallest absolute Gasteiger partial charge is 0.00429 e. The van der Waals surface area contributed by atoms with Crippen molar-refractivity contribution in [1.29, 1.82) is 0 Å². The van der Waals surface area contributed by atoms with Crippen LogP contribution in [-0.4, -0.2) is 0 Å². The maximum atomic E-state index is 5.80. The lowest BCUT2D eigenvalue weighted by Crippen LogP contribution is -2.23. The summed E-state index contributed by atoms with van der Waals surface area (Å²) in [6, 6.07) is 0. The van der Waals surface area contributed by atoms with E-state index in [1.807, 2.05) is 0 Å². The summed E-state index contributed by atoms with van der Waals surface area (Å²) in [4.78, 5) is 0. The molecule has 1 heteroatoms. The Morgan fingerprint density at radius 2 is 2.00 bits per heavy atom. The molecule has 11 heavy (non-hydrogen) atoms. The maximum Gasteiger partial charge on any atom is 0.00429 e. The van der Waals surface area contributed by atoms with Crippen molar-refractivity contribution in [3.8, 4) is 0 Å². The second-order valence-electron chi connectivity index (χ2n) is 3.99. The molecule has 0 saturated heterocycles. The molecule has 0 amide bonds. The van der Waals surface area contributed by atoms with Gasteiger partial charge in [-0.3, -0.25) is 0 Å². The quantitative estimate of drug-likeness (QED) is 0.565. The molecule has 2 rings (SSSR count). The van der Waals surface area contributed by atoms with Crippen LogP contribution >= 0.6 is 0 Å². The molecule has 1 unspecified atom stereocenters. The fourth-order valence-electron chi connectivity index (χ4n) is 2.52. The van der Waals surface area contributed by atoms with Gasteiger partial charge in [-0.25, -0.2) is 0 Å². The average Bonchev–Trinajstić information content (AvgIpc) is 2.04. The van der Waals surface area contributed by atoms with E-state index in [9.17, 15) is 0 Å². The molecule has 0 aliphatic heterocycles. The largest absolute Gasteiger partial charge is 0.402 e. The summed E-state index contributed by atoms with van der Waals surface area (Å²) in [6.45, 7) is 0. The SMILES string of the molecule is NC1=CC2CCCC[C@@H]2CC1. The Balaban J connectivity index is 2.07. The summed E-state index contributed by atoms with van der Waals surface area (Å²) in [7, 11) is 0. The molecule has 0 bridgehead atoms. The van der Waals surface area contributed by atoms with E-state index in [1.165, 1.54) is 32.1 Å². The maximum absolute atomic E-state index is 5.80. The van der Waals surface area contributed by atoms with Crippen LogP contribution in [0, 0.1) is 11.8 Å². The third-order valence-electron chi connectivity index (χ3n) is 3.20. The second kappa shape index (κ2) is 2.88. The highest BCUT2D eigenvalue weighted by Crippen LogP contribution is 2.37. The Hall–Kier alpha value is -0.460. The van der Waals surface area contributed by atoms with E-state index in [-0.39, 0.29) is 0 Å². The summed E-state index contributed by atoms with van der Waals surface area (Å²) in [6.07, 6.45) is 10.6. The predicted molar refractivity (Wildman–Crippen MR) is 47.0 cm³/mol. The fraction of sp³-hybridized carbons (Fsp3) is 0.800. The molecule has 0 aromatic heterocycles. The Bertz CT molecular complexity index is 172. The monoisotopic (exact) mass is 151 g/mol. The minimum absolute atomic E-state index is 0.845. The first kappa shape index (κ1) is 7.20. The molecule has 62 valence electrons. The minimum Gasteiger partial charge on any atom is -0.402 e. The van der Waals surface area contributed by atoms with E-state index in [1.54, 1.807) is 0 Å². The van der Waals surface area contributed by atoms with Gasteiger partial charge in [-0.2, -0.15) is 0 Å². The highest BCUT2D eigenvalue weighted by molar-refractivity contribution is 5.06. The molecule has 2 aliphatic rings. The molecule has 0 aromatic carbocycles. The number of hydrogen-bond acceptors (Lipinski definition) is 1. The first-order chi connectivity index (χ1) is 5.36. The second-order valence-corrected chi connectivity index (χ2v) is 3.99. The molecule has 0 radical (unpaired) electrons. The van der Waals surface area contributed by atoms with Crippen LogP contribution in [0.2, 0.25) is 0 Å². The van der Waals surface area contributed by atoms with E-state index >= 15 is 0 Å². The molecule has 0 heterocycles. The van der Waals surface area contributed by atoms with E-state index < -0.39 is 0 Å². The van der Waals surface area contributed by atoms with Gasteiger partial charge in [0, 0.05) is 5.70 Å². The summed E-state index contributed by atoms with van der Waals surface area (Å²) in [5, 5.41) is 0. The van der Waals surface area contributed by atoms with Crippen LogP contribution in [0.15, 0.2) is 11.8 Å². The molecule has 0 aromatic rings. The van der Waals surface area contributed by atoms with Gasteiger partial charge < -0.3 is 5.73 Å². The van der Waals surface area contributed by atoms with E-state index in [0.29, 0.717) is 0 Å². The van der Waals surface area contributed by atoms with Crippen molar-refractivity contribution in [2.45, 2.75) is 38.5 Å². The van der Waals surface area contributed by atoms with Crippen molar-refractivity contribution in [2.75, 3.05) is 0 Å². The van der Waals surface area contributed by atoms with E-state index in [4.69, 9.17) is 5.73 Å². The highest BCUT2D eigenvalue weighted by Gasteiger charge is 2.26. The van der Waals surface area contributed by atoms with E-state index in [0.717, 1.165) is 24.0 Å². The van der Waals surface area contributed by atoms with Crippen LogP contribution in [0.3, 0.4) is 0 Å². The molecule has 0 spiro atoms. The molecule has 2 N–H and O–H groups in total. The van der Waals surface area contributed by atoms with Crippen LogP contribution < -0.4 is 5.73 Å². The first-order valence-corrected chi connectivity index (χ1v) is 4.82. The molecular formula is C10H17N. The molecule has 2 atom stereocenters. The molecular weight excluding hydrogens is 134 g/mol. The fourth-order valence-corrected chi connectivity index (χ4v) is 2.52. The normalized spacial score (nSPS) is 37.6. The van der Waals surface area contributed by atoms with Crippen LogP contribution in [0.1, 0.15) is 38.5 Å². The van der Waals surface area contributed by atoms with Crippen molar-refractivity contribution in [2.24, 2.45) is 17.6 Å². The Morgan fingerprint density at radius 3 is 2.91 bits per heavy atom. The van der Waals surface area contributed by atoms with Crippen molar-refractivity contribution >= 4 is 0 Å². The lowest BCUT2D eigenvalue weighted by Gasteiger charge is -2.33. The number of nitrogens with two attached hydrogens (primary N) is 1. The lowest BCUT2D eigenvalue weighted by atomic mass is 9.73. The molecule has 1 saturated carbocycles. The van der Waals surface area contributed by atoms with Crippen LogP contribution in [0.5, 0.6) is 0 Å². The van der Waals surface area contributed by atoms with Gasteiger partial charge in [-0.1, -0.05) is 18.9 Å². The van der Waals surface area contributed by atoms with Gasteiger partial charge in [-0.05, 0) is 37.5 Å². The van der Waals surface area contributed by atoms with Crippen molar-refractivity contribution in [3.63, 3.8) is 0 Å².